The Morgan fingerprint density at radius 3 is 3.00 bits per heavy atom. The number of alkyl halides is 1. The maximum Gasteiger partial charge on any atom is 0.316 e. The lowest BCUT2D eigenvalue weighted by Gasteiger charge is -2.08. The number of carbonyl (C=O) groups is 1. The van der Waals surface area contributed by atoms with Gasteiger partial charge in [-0.3, -0.25) is 4.79 Å². The SMILES string of the molecule is CC(C)Oc1nccc(CNC(=O)CCl)n1. The van der Waals surface area contributed by atoms with E-state index in [0.717, 1.165) is 0 Å². The first kappa shape index (κ1) is 12.7. The first-order valence-corrected chi connectivity index (χ1v) is 5.46. The number of hydrogen-bond donors (Lipinski definition) is 1. The van der Waals surface area contributed by atoms with Gasteiger partial charge in [0.15, 0.2) is 0 Å². The van der Waals surface area contributed by atoms with Crippen LogP contribution in [-0.2, 0) is 11.3 Å². The van der Waals surface area contributed by atoms with E-state index in [1.165, 1.54) is 0 Å². The molecule has 16 heavy (non-hydrogen) atoms. The molecular weight excluding hydrogens is 230 g/mol. The highest BCUT2D eigenvalue weighted by molar-refractivity contribution is 6.27. The molecule has 1 heterocycles. The maximum atomic E-state index is 10.9. The van der Waals surface area contributed by atoms with E-state index in [-0.39, 0.29) is 17.9 Å². The number of ether oxygens (including phenoxy) is 1. The van der Waals surface area contributed by atoms with E-state index < -0.39 is 0 Å². The molecule has 1 aromatic heterocycles. The van der Waals surface area contributed by atoms with Crippen molar-refractivity contribution < 1.29 is 9.53 Å². The van der Waals surface area contributed by atoms with Crippen molar-refractivity contribution in [2.45, 2.75) is 26.5 Å². The molecule has 0 aromatic carbocycles. The van der Waals surface area contributed by atoms with Crippen LogP contribution in [0.25, 0.3) is 0 Å². The van der Waals surface area contributed by atoms with Crippen LogP contribution in [0.1, 0.15) is 19.5 Å². The topological polar surface area (TPSA) is 64.1 Å². The predicted molar refractivity (Wildman–Crippen MR) is 60.4 cm³/mol. The Bertz CT molecular complexity index is 358. The molecule has 88 valence electrons. The summed E-state index contributed by atoms with van der Waals surface area (Å²) in [4.78, 5) is 19.0. The lowest BCUT2D eigenvalue weighted by Crippen LogP contribution is -2.24. The maximum absolute atomic E-state index is 10.9. The minimum Gasteiger partial charge on any atom is -0.461 e. The molecule has 1 rings (SSSR count). The molecule has 0 fully saturated rings. The van der Waals surface area contributed by atoms with Gasteiger partial charge in [0, 0.05) is 6.20 Å². The summed E-state index contributed by atoms with van der Waals surface area (Å²) in [6, 6.07) is 2.02. The Balaban J connectivity index is 2.56. The van der Waals surface area contributed by atoms with Gasteiger partial charge in [-0.2, -0.15) is 4.98 Å². The molecule has 1 aromatic rings. The number of nitrogens with one attached hydrogen (secondary N) is 1. The lowest BCUT2D eigenvalue weighted by molar-refractivity contribution is -0.118. The molecule has 0 aliphatic carbocycles. The largest absolute Gasteiger partial charge is 0.461 e. The van der Waals surface area contributed by atoms with Crippen molar-refractivity contribution in [1.29, 1.82) is 0 Å². The zero-order chi connectivity index (χ0) is 12.0. The van der Waals surface area contributed by atoms with E-state index in [2.05, 4.69) is 15.3 Å². The average molecular weight is 244 g/mol. The number of aromatic nitrogens is 2. The quantitative estimate of drug-likeness (QED) is 0.788. The van der Waals surface area contributed by atoms with Crippen LogP contribution in [0.3, 0.4) is 0 Å². The normalized spacial score (nSPS) is 10.2. The summed E-state index contributed by atoms with van der Waals surface area (Å²) in [7, 11) is 0. The molecule has 0 unspecified atom stereocenters. The zero-order valence-electron chi connectivity index (χ0n) is 9.24. The number of carbonyl (C=O) groups excluding carboxylic acids is 1. The minimum absolute atomic E-state index is 0.0210. The van der Waals surface area contributed by atoms with Crippen LogP contribution < -0.4 is 10.1 Å². The van der Waals surface area contributed by atoms with Gasteiger partial charge in [0.2, 0.25) is 5.91 Å². The number of hydrogen-bond acceptors (Lipinski definition) is 4. The molecule has 0 saturated carbocycles. The molecule has 5 nitrogen and oxygen atoms in total. The summed E-state index contributed by atoms with van der Waals surface area (Å²) in [5.74, 6) is -0.285. The second-order valence-corrected chi connectivity index (χ2v) is 3.67. The van der Waals surface area contributed by atoms with Gasteiger partial charge in [-0.05, 0) is 19.9 Å². The van der Waals surface area contributed by atoms with Crippen molar-refractivity contribution in [2.75, 3.05) is 5.88 Å². The van der Waals surface area contributed by atoms with Crippen molar-refractivity contribution in [2.24, 2.45) is 0 Å². The Morgan fingerprint density at radius 2 is 2.38 bits per heavy atom. The fourth-order valence-electron chi connectivity index (χ4n) is 0.978. The van der Waals surface area contributed by atoms with E-state index >= 15 is 0 Å². The highest BCUT2D eigenvalue weighted by Crippen LogP contribution is 2.05. The van der Waals surface area contributed by atoms with E-state index in [4.69, 9.17) is 16.3 Å². The molecule has 0 spiro atoms. The van der Waals surface area contributed by atoms with E-state index in [1.54, 1.807) is 12.3 Å². The van der Waals surface area contributed by atoms with Gasteiger partial charge in [0.25, 0.3) is 0 Å². The Kier molecular flexibility index (Phi) is 4.98. The first-order chi connectivity index (χ1) is 7.61. The van der Waals surface area contributed by atoms with Crippen molar-refractivity contribution in [3.8, 4) is 6.01 Å². The third kappa shape index (κ3) is 4.44. The Morgan fingerprint density at radius 1 is 1.62 bits per heavy atom. The van der Waals surface area contributed by atoms with Crippen LogP contribution in [0.4, 0.5) is 0 Å². The van der Waals surface area contributed by atoms with Crippen LogP contribution in [0.15, 0.2) is 12.3 Å². The Hall–Kier alpha value is -1.36. The molecule has 6 heteroatoms. The van der Waals surface area contributed by atoms with Gasteiger partial charge in [-0.1, -0.05) is 0 Å². The number of halogens is 1. The molecule has 0 atom stereocenters. The number of amides is 1. The molecule has 0 radical (unpaired) electrons. The lowest BCUT2D eigenvalue weighted by atomic mass is 10.4. The predicted octanol–water partition coefficient (Wildman–Crippen LogP) is 1.12. The smallest absolute Gasteiger partial charge is 0.316 e. The van der Waals surface area contributed by atoms with Crippen LogP contribution >= 0.6 is 11.6 Å². The highest BCUT2D eigenvalue weighted by Gasteiger charge is 2.04. The molecular formula is C10H14ClN3O2. The molecule has 0 aliphatic heterocycles. The van der Waals surface area contributed by atoms with Crippen molar-refractivity contribution in [3.63, 3.8) is 0 Å². The third-order valence-electron chi connectivity index (χ3n) is 1.62. The van der Waals surface area contributed by atoms with E-state index in [9.17, 15) is 4.79 Å². The molecule has 1 amide bonds. The molecule has 0 bridgehead atoms. The van der Waals surface area contributed by atoms with Crippen LogP contribution in [0.5, 0.6) is 6.01 Å². The second kappa shape index (κ2) is 6.27. The monoisotopic (exact) mass is 243 g/mol. The van der Waals surface area contributed by atoms with Gasteiger partial charge in [0.05, 0.1) is 18.3 Å². The van der Waals surface area contributed by atoms with Gasteiger partial charge >= 0.3 is 6.01 Å². The molecule has 0 saturated heterocycles. The van der Waals surface area contributed by atoms with Gasteiger partial charge < -0.3 is 10.1 Å². The summed E-state index contributed by atoms with van der Waals surface area (Å²) < 4.78 is 5.33. The summed E-state index contributed by atoms with van der Waals surface area (Å²) in [5, 5.41) is 2.61. The number of rotatable bonds is 5. The minimum atomic E-state index is -0.230. The van der Waals surface area contributed by atoms with Crippen LogP contribution in [0.2, 0.25) is 0 Å². The summed E-state index contributed by atoms with van der Waals surface area (Å²) in [6.45, 7) is 4.11. The standard InChI is InChI=1S/C10H14ClN3O2/c1-7(2)16-10-12-4-3-8(14-10)6-13-9(15)5-11/h3-4,7H,5-6H2,1-2H3,(H,13,15). The average Bonchev–Trinajstić information content (AvgIpc) is 2.25. The van der Waals surface area contributed by atoms with Gasteiger partial charge in [-0.25, -0.2) is 4.98 Å². The third-order valence-corrected chi connectivity index (χ3v) is 1.86. The first-order valence-electron chi connectivity index (χ1n) is 4.93. The molecule has 1 N–H and O–H groups in total. The summed E-state index contributed by atoms with van der Waals surface area (Å²) >= 11 is 5.35. The van der Waals surface area contributed by atoms with Crippen molar-refractivity contribution in [3.05, 3.63) is 18.0 Å². The second-order valence-electron chi connectivity index (χ2n) is 3.41. The van der Waals surface area contributed by atoms with Crippen molar-refractivity contribution in [1.82, 2.24) is 15.3 Å². The zero-order valence-corrected chi connectivity index (χ0v) is 9.99. The van der Waals surface area contributed by atoms with Crippen LogP contribution in [0, 0.1) is 0 Å². The van der Waals surface area contributed by atoms with E-state index in [0.29, 0.717) is 18.2 Å². The van der Waals surface area contributed by atoms with Crippen molar-refractivity contribution >= 4 is 17.5 Å². The van der Waals surface area contributed by atoms with Crippen LogP contribution in [-0.4, -0.2) is 27.9 Å². The fourth-order valence-corrected chi connectivity index (χ4v) is 1.07. The summed E-state index contributed by atoms with van der Waals surface area (Å²) in [6.07, 6.45) is 1.61. The Labute approximate surface area is 99.2 Å². The van der Waals surface area contributed by atoms with Gasteiger partial charge in [-0.15, -0.1) is 11.6 Å². The highest BCUT2D eigenvalue weighted by atomic mass is 35.5. The van der Waals surface area contributed by atoms with E-state index in [1.807, 2.05) is 13.8 Å². The molecule has 0 aliphatic rings. The number of nitrogens with zero attached hydrogens (tertiary/aromatic N) is 2. The summed E-state index contributed by atoms with van der Waals surface area (Å²) in [5.41, 5.74) is 0.684. The van der Waals surface area contributed by atoms with Gasteiger partial charge in [0.1, 0.15) is 5.88 Å². The fraction of sp³-hybridized carbons (Fsp3) is 0.500.